The minimum absolute atomic E-state index is 0.0392. The Morgan fingerprint density at radius 1 is 1.31 bits per heavy atom. The van der Waals surface area contributed by atoms with Crippen LogP contribution in [0.5, 0.6) is 5.75 Å². The summed E-state index contributed by atoms with van der Waals surface area (Å²) in [5.74, 6) is 0.777. The molecule has 1 saturated carbocycles. The summed E-state index contributed by atoms with van der Waals surface area (Å²) in [6.45, 7) is 3.89. The Morgan fingerprint density at radius 2 is 2.03 bits per heavy atom. The first kappa shape index (κ1) is 22.4. The molecule has 9 heteroatoms. The van der Waals surface area contributed by atoms with E-state index < -0.39 is 0 Å². The van der Waals surface area contributed by atoms with Gasteiger partial charge in [0.05, 0.1) is 17.7 Å². The van der Waals surface area contributed by atoms with Crippen molar-refractivity contribution in [3.05, 3.63) is 35.4 Å². The van der Waals surface area contributed by atoms with Crippen molar-refractivity contribution in [3.63, 3.8) is 0 Å². The molecule has 32 heavy (non-hydrogen) atoms. The largest absolute Gasteiger partial charge is 0.497 e. The van der Waals surface area contributed by atoms with Gasteiger partial charge in [0.15, 0.2) is 10.8 Å². The van der Waals surface area contributed by atoms with E-state index >= 15 is 0 Å². The van der Waals surface area contributed by atoms with E-state index in [-0.39, 0.29) is 22.7 Å². The molecule has 1 aromatic carbocycles. The van der Waals surface area contributed by atoms with Crippen molar-refractivity contribution < 1.29 is 9.53 Å². The third kappa shape index (κ3) is 4.53. The average molecular weight is 455 g/mol. The lowest BCUT2D eigenvalue weighted by Gasteiger charge is -2.25. The van der Waals surface area contributed by atoms with Crippen LogP contribution in [0.1, 0.15) is 51.1 Å². The number of ether oxygens (including phenoxy) is 1. The Labute approximate surface area is 191 Å². The smallest absolute Gasteiger partial charge is 0.233 e. The number of rotatable bonds is 7. The highest BCUT2D eigenvalue weighted by molar-refractivity contribution is 8.00. The van der Waals surface area contributed by atoms with Crippen molar-refractivity contribution in [2.45, 2.75) is 68.8 Å². The predicted octanol–water partition coefficient (Wildman–Crippen LogP) is 3.86. The topological polar surface area (TPSA) is 109 Å². The predicted molar refractivity (Wildman–Crippen MR) is 125 cm³/mol. The number of aromatic nitrogens is 4. The molecule has 8 nitrogen and oxygen atoms in total. The molecule has 0 bridgehead atoms. The van der Waals surface area contributed by atoms with Crippen LogP contribution in [-0.4, -0.2) is 44.1 Å². The van der Waals surface area contributed by atoms with E-state index in [0.29, 0.717) is 22.6 Å². The number of thioether (sulfide) groups is 1. The van der Waals surface area contributed by atoms with E-state index in [4.69, 9.17) is 15.1 Å². The highest BCUT2D eigenvalue weighted by Crippen LogP contribution is 2.28. The zero-order chi connectivity index (χ0) is 22.7. The summed E-state index contributed by atoms with van der Waals surface area (Å²) in [5, 5.41) is 20.3. The summed E-state index contributed by atoms with van der Waals surface area (Å²) < 4.78 is 7.07. The molecule has 170 valence electrons. The number of hydrogen-bond donors (Lipinski definition) is 3. The van der Waals surface area contributed by atoms with Gasteiger partial charge >= 0.3 is 0 Å². The van der Waals surface area contributed by atoms with Crippen LogP contribution >= 0.6 is 11.8 Å². The highest BCUT2D eigenvalue weighted by atomic mass is 32.2. The van der Waals surface area contributed by atoms with E-state index in [1.807, 2.05) is 38.1 Å². The molecule has 2 heterocycles. The maximum absolute atomic E-state index is 13.1. The van der Waals surface area contributed by atoms with Gasteiger partial charge < -0.3 is 10.1 Å². The number of H-pyrrole nitrogens is 1. The summed E-state index contributed by atoms with van der Waals surface area (Å²) in [6, 6.07) is 7.77. The first-order valence-electron chi connectivity index (χ1n) is 11.2. The Balaban J connectivity index is 1.71. The lowest BCUT2D eigenvalue weighted by atomic mass is 9.95. The second kappa shape index (κ2) is 9.77. The third-order valence-electron chi connectivity index (χ3n) is 5.97. The van der Waals surface area contributed by atoms with Gasteiger partial charge in [0.2, 0.25) is 5.91 Å². The second-order valence-electron chi connectivity index (χ2n) is 8.18. The van der Waals surface area contributed by atoms with Gasteiger partial charge in [0.25, 0.3) is 0 Å². The van der Waals surface area contributed by atoms with E-state index in [1.165, 1.54) is 31.0 Å². The number of carbonyl (C=O) groups excluding carboxylic acids is 1. The summed E-state index contributed by atoms with van der Waals surface area (Å²) >= 11 is 1.39. The van der Waals surface area contributed by atoms with Crippen molar-refractivity contribution in [1.29, 1.82) is 5.41 Å². The van der Waals surface area contributed by atoms with Crippen LogP contribution in [0.15, 0.2) is 29.4 Å². The fourth-order valence-electron chi connectivity index (χ4n) is 4.17. The van der Waals surface area contributed by atoms with Gasteiger partial charge in [-0.15, -0.1) is 0 Å². The highest BCUT2D eigenvalue weighted by Gasteiger charge is 2.25. The van der Waals surface area contributed by atoms with Gasteiger partial charge in [-0.2, -0.15) is 5.10 Å². The van der Waals surface area contributed by atoms with Crippen LogP contribution in [0, 0.1) is 12.3 Å². The fraction of sp³-hybridized carbons (Fsp3) is 0.478. The van der Waals surface area contributed by atoms with Gasteiger partial charge in [0.1, 0.15) is 11.2 Å². The number of fused-ring (bicyclic) bond motifs is 1. The van der Waals surface area contributed by atoms with E-state index in [2.05, 4.69) is 15.5 Å². The Bertz CT molecular complexity index is 1150. The zero-order valence-electron chi connectivity index (χ0n) is 18.8. The van der Waals surface area contributed by atoms with Crippen LogP contribution < -0.4 is 15.5 Å². The van der Waals surface area contributed by atoms with E-state index in [0.717, 1.165) is 30.0 Å². The fourth-order valence-corrected chi connectivity index (χ4v) is 5.21. The van der Waals surface area contributed by atoms with Crippen molar-refractivity contribution in [1.82, 2.24) is 25.1 Å². The van der Waals surface area contributed by atoms with Gasteiger partial charge in [-0.3, -0.25) is 19.9 Å². The molecule has 3 aromatic rings. The molecule has 1 unspecified atom stereocenters. The first-order chi connectivity index (χ1) is 15.5. The lowest BCUT2D eigenvalue weighted by molar-refractivity contribution is -0.121. The average Bonchev–Trinajstić information content (AvgIpc) is 3.19. The van der Waals surface area contributed by atoms with Gasteiger partial charge in [0, 0.05) is 17.4 Å². The van der Waals surface area contributed by atoms with Crippen molar-refractivity contribution >= 4 is 28.7 Å². The quantitative estimate of drug-likeness (QED) is 0.371. The monoisotopic (exact) mass is 454 g/mol. The summed E-state index contributed by atoms with van der Waals surface area (Å²) in [7, 11) is 1.62. The molecule has 0 spiro atoms. The third-order valence-corrected chi connectivity index (χ3v) is 7.29. The minimum atomic E-state index is -0.300. The number of carbonyl (C=O) groups is 1. The lowest BCUT2D eigenvalue weighted by Crippen LogP contribution is -2.41. The SMILES string of the molecule is CCC(Sc1nc2n[nH]c(C)c2c(=N)n1-c1ccc(OC)cc1)C(=O)NC1CCCCC1. The number of nitrogens with zero attached hydrogens (tertiary/aromatic N) is 3. The van der Waals surface area contributed by atoms with Gasteiger partial charge in [-0.05, 0) is 50.5 Å². The molecule has 2 aromatic heterocycles. The molecule has 0 aliphatic heterocycles. The Morgan fingerprint density at radius 3 is 2.69 bits per heavy atom. The molecule has 0 radical (unpaired) electrons. The number of amides is 1. The number of aromatic amines is 1. The van der Waals surface area contributed by atoms with Gasteiger partial charge in [-0.25, -0.2) is 4.98 Å². The zero-order valence-corrected chi connectivity index (χ0v) is 19.6. The maximum Gasteiger partial charge on any atom is 0.233 e. The molecule has 1 fully saturated rings. The number of methoxy groups -OCH3 is 1. The Hall–Kier alpha value is -2.81. The van der Waals surface area contributed by atoms with Crippen molar-refractivity contribution in [2.75, 3.05) is 7.11 Å². The normalized spacial score (nSPS) is 15.6. The van der Waals surface area contributed by atoms with Crippen LogP contribution in [-0.2, 0) is 4.79 Å². The summed E-state index contributed by atoms with van der Waals surface area (Å²) in [5.41, 5.74) is 2.35. The molecular weight excluding hydrogens is 424 g/mol. The standard InChI is InChI=1S/C23H30N6O2S/c1-4-18(22(30)25-15-8-6-5-7-9-15)32-23-26-21-19(14(2)27-28-21)20(24)29(23)16-10-12-17(31-3)13-11-16/h10-13,15,18,24H,4-9H2,1-3H3,(H,25,30)(H,27,28). The maximum atomic E-state index is 13.1. The summed E-state index contributed by atoms with van der Waals surface area (Å²) in [6.07, 6.45) is 6.35. The van der Waals surface area contributed by atoms with Crippen molar-refractivity contribution in [2.24, 2.45) is 0 Å². The number of benzene rings is 1. The van der Waals surface area contributed by atoms with Gasteiger partial charge in [-0.1, -0.05) is 37.9 Å². The van der Waals surface area contributed by atoms with Crippen LogP contribution in [0.3, 0.4) is 0 Å². The number of hydrogen-bond acceptors (Lipinski definition) is 6. The van der Waals surface area contributed by atoms with E-state index in [9.17, 15) is 4.79 Å². The molecule has 4 rings (SSSR count). The van der Waals surface area contributed by atoms with Crippen LogP contribution in [0.4, 0.5) is 0 Å². The molecule has 1 aliphatic rings. The first-order valence-corrected chi connectivity index (χ1v) is 12.0. The second-order valence-corrected chi connectivity index (χ2v) is 9.35. The molecule has 0 saturated heterocycles. The number of nitrogens with one attached hydrogen (secondary N) is 3. The van der Waals surface area contributed by atoms with E-state index in [1.54, 1.807) is 11.7 Å². The molecule has 1 atom stereocenters. The molecule has 1 amide bonds. The molecule has 3 N–H and O–H groups in total. The minimum Gasteiger partial charge on any atom is -0.497 e. The van der Waals surface area contributed by atoms with Crippen molar-refractivity contribution in [3.8, 4) is 11.4 Å². The summed E-state index contributed by atoms with van der Waals surface area (Å²) in [4.78, 5) is 17.8. The Kier molecular flexibility index (Phi) is 6.83. The molecule has 1 aliphatic carbocycles. The van der Waals surface area contributed by atoms with Crippen LogP contribution in [0.2, 0.25) is 0 Å². The number of aryl methyl sites for hydroxylation is 1. The van der Waals surface area contributed by atoms with Crippen LogP contribution in [0.25, 0.3) is 16.7 Å². The molecular formula is C23H30N6O2S.